The average molecular weight is 248 g/mol. The van der Waals surface area contributed by atoms with Gasteiger partial charge in [0.25, 0.3) is 0 Å². The fourth-order valence-corrected chi connectivity index (χ4v) is 1.61. The predicted octanol–water partition coefficient (Wildman–Crippen LogP) is 3.61. The molecule has 1 aromatic rings. The Kier molecular flexibility index (Phi) is 2.91. The zero-order chi connectivity index (χ0) is 9.30. The fraction of sp³-hybridized carbons (Fsp3) is 0.222. The zero-order valence-electron chi connectivity index (χ0n) is 6.82. The molecule has 1 aromatic carbocycles. The fourth-order valence-electron chi connectivity index (χ4n) is 0.918. The molecule has 0 aliphatic rings. The van der Waals surface area contributed by atoms with Gasteiger partial charge in [0, 0.05) is 10.0 Å². The first kappa shape index (κ1) is 9.75. The van der Waals surface area contributed by atoms with Crippen molar-refractivity contribution in [3.05, 3.63) is 32.8 Å². The quantitative estimate of drug-likeness (QED) is 0.693. The van der Waals surface area contributed by atoms with Gasteiger partial charge in [-0.3, -0.25) is 4.79 Å². The molecule has 3 heteroatoms. The van der Waals surface area contributed by atoms with Crippen molar-refractivity contribution in [2.45, 2.75) is 13.8 Å². The highest BCUT2D eigenvalue weighted by atomic mass is 79.9. The van der Waals surface area contributed by atoms with Crippen LogP contribution in [0.25, 0.3) is 0 Å². The molecule has 0 N–H and O–H groups in total. The topological polar surface area (TPSA) is 17.1 Å². The minimum Gasteiger partial charge on any atom is -0.294 e. The Hall–Kier alpha value is -0.340. The Balaban J connectivity index is 3.36. The highest BCUT2D eigenvalue weighted by Gasteiger charge is 2.09. The summed E-state index contributed by atoms with van der Waals surface area (Å²) < 4.78 is 0.803. The van der Waals surface area contributed by atoms with Gasteiger partial charge in [0.2, 0.25) is 0 Å². The Morgan fingerprint density at radius 2 is 2.08 bits per heavy atom. The summed E-state index contributed by atoms with van der Waals surface area (Å²) in [4.78, 5) is 11.0. The van der Waals surface area contributed by atoms with Gasteiger partial charge in [0.05, 0.1) is 5.02 Å². The van der Waals surface area contributed by atoms with E-state index in [-0.39, 0.29) is 5.78 Å². The molecule has 0 spiro atoms. The summed E-state index contributed by atoms with van der Waals surface area (Å²) in [5.74, 6) is -0.0132. The second kappa shape index (κ2) is 3.58. The third kappa shape index (κ3) is 1.70. The summed E-state index contributed by atoms with van der Waals surface area (Å²) in [6.45, 7) is 3.43. The molecular weight excluding hydrogens is 239 g/mol. The van der Waals surface area contributed by atoms with E-state index in [1.807, 2.05) is 13.0 Å². The molecule has 0 aromatic heterocycles. The van der Waals surface area contributed by atoms with Gasteiger partial charge in [-0.05, 0) is 41.4 Å². The van der Waals surface area contributed by atoms with Gasteiger partial charge in [0.15, 0.2) is 5.78 Å². The Labute approximate surface area is 84.9 Å². The molecule has 0 saturated heterocycles. The number of rotatable bonds is 1. The van der Waals surface area contributed by atoms with Crippen molar-refractivity contribution >= 4 is 33.3 Å². The van der Waals surface area contributed by atoms with Crippen molar-refractivity contribution in [1.29, 1.82) is 0 Å². The predicted molar refractivity (Wildman–Crippen MR) is 53.9 cm³/mol. The normalized spacial score (nSPS) is 10.0. The van der Waals surface area contributed by atoms with Gasteiger partial charge in [-0.1, -0.05) is 17.7 Å². The summed E-state index contributed by atoms with van der Waals surface area (Å²) in [5.41, 5.74) is 1.60. The Morgan fingerprint density at radius 3 is 2.58 bits per heavy atom. The zero-order valence-corrected chi connectivity index (χ0v) is 9.16. The molecule has 0 amide bonds. The van der Waals surface area contributed by atoms with Crippen molar-refractivity contribution < 1.29 is 4.79 Å². The molecule has 0 fully saturated rings. The largest absolute Gasteiger partial charge is 0.294 e. The van der Waals surface area contributed by atoms with Gasteiger partial charge < -0.3 is 0 Å². The van der Waals surface area contributed by atoms with Crippen molar-refractivity contribution in [3.63, 3.8) is 0 Å². The van der Waals surface area contributed by atoms with E-state index in [9.17, 15) is 4.79 Å². The van der Waals surface area contributed by atoms with E-state index in [2.05, 4.69) is 15.9 Å². The first-order chi connectivity index (χ1) is 5.54. The van der Waals surface area contributed by atoms with E-state index in [1.54, 1.807) is 6.07 Å². The molecule has 0 unspecified atom stereocenters. The smallest absolute Gasteiger partial charge is 0.161 e. The van der Waals surface area contributed by atoms with Crippen LogP contribution in [0, 0.1) is 6.92 Å². The Morgan fingerprint density at radius 1 is 1.50 bits per heavy atom. The number of halogens is 2. The molecule has 0 atom stereocenters. The maximum Gasteiger partial charge on any atom is 0.161 e. The van der Waals surface area contributed by atoms with Crippen molar-refractivity contribution in [1.82, 2.24) is 0 Å². The number of hydrogen-bond acceptors (Lipinski definition) is 1. The number of ketones is 1. The van der Waals surface area contributed by atoms with Gasteiger partial charge >= 0.3 is 0 Å². The van der Waals surface area contributed by atoms with E-state index >= 15 is 0 Å². The number of carbonyl (C=O) groups is 1. The first-order valence-corrected chi connectivity index (χ1v) is 4.66. The molecule has 0 bridgehead atoms. The number of hydrogen-bond donors (Lipinski definition) is 0. The highest BCUT2D eigenvalue weighted by molar-refractivity contribution is 9.10. The van der Waals surface area contributed by atoms with Gasteiger partial charge in [-0.2, -0.15) is 0 Å². The molecule has 0 radical (unpaired) electrons. The van der Waals surface area contributed by atoms with E-state index in [4.69, 9.17) is 11.6 Å². The lowest BCUT2D eigenvalue weighted by Crippen LogP contribution is -1.94. The lowest BCUT2D eigenvalue weighted by molar-refractivity contribution is 0.101. The first-order valence-electron chi connectivity index (χ1n) is 3.49. The SMILES string of the molecule is CC(=O)c1ccc(C)c(Br)c1Cl. The molecule has 1 nitrogen and oxygen atoms in total. The van der Waals surface area contributed by atoms with Crippen LogP contribution < -0.4 is 0 Å². The summed E-state index contributed by atoms with van der Waals surface area (Å²) in [6, 6.07) is 3.61. The molecule has 0 aliphatic heterocycles. The van der Waals surface area contributed by atoms with Crippen molar-refractivity contribution in [3.8, 4) is 0 Å². The number of carbonyl (C=O) groups excluding carboxylic acids is 1. The lowest BCUT2D eigenvalue weighted by Gasteiger charge is -2.04. The molecule has 0 aliphatic carbocycles. The van der Waals surface area contributed by atoms with Crippen LogP contribution in [0.5, 0.6) is 0 Å². The van der Waals surface area contributed by atoms with Gasteiger partial charge in [-0.25, -0.2) is 0 Å². The minimum atomic E-state index is -0.0132. The van der Waals surface area contributed by atoms with Crippen LogP contribution in [0.2, 0.25) is 5.02 Å². The highest BCUT2D eigenvalue weighted by Crippen LogP contribution is 2.29. The summed E-state index contributed by atoms with van der Waals surface area (Å²) in [6.07, 6.45) is 0. The molecule has 12 heavy (non-hydrogen) atoms. The standard InChI is InChI=1S/C9H8BrClO/c1-5-3-4-7(6(2)12)9(11)8(5)10/h3-4H,1-2H3. The van der Waals surface area contributed by atoms with E-state index in [0.29, 0.717) is 10.6 Å². The van der Waals surface area contributed by atoms with Crippen LogP contribution in [-0.2, 0) is 0 Å². The third-order valence-electron chi connectivity index (χ3n) is 1.65. The molecule has 1 rings (SSSR count). The number of aryl methyl sites for hydroxylation is 1. The van der Waals surface area contributed by atoms with Crippen LogP contribution in [0.15, 0.2) is 16.6 Å². The van der Waals surface area contributed by atoms with Crippen LogP contribution in [0.1, 0.15) is 22.8 Å². The maximum atomic E-state index is 11.0. The molecular formula is C9H8BrClO. The number of Topliss-reactive ketones (excluding diaryl/α,β-unsaturated/α-hetero) is 1. The van der Waals surface area contributed by atoms with Crippen LogP contribution in [0.3, 0.4) is 0 Å². The monoisotopic (exact) mass is 246 g/mol. The average Bonchev–Trinajstić information content (AvgIpc) is 2.00. The Bertz CT molecular complexity index is 334. The third-order valence-corrected chi connectivity index (χ3v) is 3.30. The number of benzene rings is 1. The molecule has 0 heterocycles. The maximum absolute atomic E-state index is 11.0. The second-order valence-electron chi connectivity index (χ2n) is 2.61. The van der Waals surface area contributed by atoms with Crippen molar-refractivity contribution in [2.24, 2.45) is 0 Å². The molecule has 0 saturated carbocycles. The van der Waals surface area contributed by atoms with Gasteiger partial charge in [0.1, 0.15) is 0 Å². The lowest BCUT2D eigenvalue weighted by atomic mass is 10.1. The van der Waals surface area contributed by atoms with E-state index in [1.165, 1.54) is 6.92 Å². The second-order valence-corrected chi connectivity index (χ2v) is 3.79. The van der Waals surface area contributed by atoms with Crippen LogP contribution in [0.4, 0.5) is 0 Å². The van der Waals surface area contributed by atoms with E-state index < -0.39 is 0 Å². The van der Waals surface area contributed by atoms with Crippen molar-refractivity contribution in [2.75, 3.05) is 0 Å². The summed E-state index contributed by atoms with van der Waals surface area (Å²) in [5, 5.41) is 0.502. The summed E-state index contributed by atoms with van der Waals surface area (Å²) >= 11 is 9.24. The van der Waals surface area contributed by atoms with Crippen LogP contribution in [-0.4, -0.2) is 5.78 Å². The molecule has 64 valence electrons. The van der Waals surface area contributed by atoms with Gasteiger partial charge in [-0.15, -0.1) is 0 Å². The van der Waals surface area contributed by atoms with E-state index in [0.717, 1.165) is 10.0 Å². The minimum absolute atomic E-state index is 0.0132. The summed E-state index contributed by atoms with van der Waals surface area (Å²) in [7, 11) is 0. The van der Waals surface area contributed by atoms with Crippen LogP contribution >= 0.6 is 27.5 Å².